The van der Waals surface area contributed by atoms with Crippen molar-refractivity contribution in [2.45, 2.75) is 57.4 Å². The maximum atomic E-state index is 12.2. The summed E-state index contributed by atoms with van der Waals surface area (Å²) in [5.74, 6) is -0.260. The molecule has 106 valence electrons. The van der Waals surface area contributed by atoms with Gasteiger partial charge in [0.2, 0.25) is 0 Å². The van der Waals surface area contributed by atoms with Crippen LogP contribution in [0.15, 0.2) is 12.3 Å². The van der Waals surface area contributed by atoms with Gasteiger partial charge in [0, 0.05) is 12.2 Å². The second-order valence-electron chi connectivity index (χ2n) is 5.32. The molecular formula is C13H21N3O3. The van der Waals surface area contributed by atoms with E-state index in [1.807, 2.05) is 13.8 Å². The van der Waals surface area contributed by atoms with Crippen molar-refractivity contribution in [2.24, 2.45) is 0 Å². The number of hydrogen-bond acceptors (Lipinski definition) is 4. The summed E-state index contributed by atoms with van der Waals surface area (Å²) in [6.45, 7) is 3.89. The van der Waals surface area contributed by atoms with E-state index in [1.54, 1.807) is 16.9 Å². The number of carbonyl (C=O) groups excluding carboxylic acids is 1. The average Bonchev–Trinajstić information content (AvgIpc) is 2.84. The van der Waals surface area contributed by atoms with Crippen molar-refractivity contribution in [1.82, 2.24) is 15.1 Å². The van der Waals surface area contributed by atoms with Crippen LogP contribution in [-0.4, -0.2) is 44.2 Å². The quantitative estimate of drug-likeness (QED) is 0.743. The first-order valence-corrected chi connectivity index (χ1v) is 6.71. The summed E-state index contributed by atoms with van der Waals surface area (Å²) in [4.78, 5) is 12.2. The summed E-state index contributed by atoms with van der Waals surface area (Å²) >= 11 is 0. The molecule has 1 aromatic heterocycles. The highest BCUT2D eigenvalue weighted by Crippen LogP contribution is 2.19. The Balaban J connectivity index is 2.06. The molecule has 0 radical (unpaired) electrons. The third kappa shape index (κ3) is 2.96. The zero-order chi connectivity index (χ0) is 14.0. The fourth-order valence-corrected chi connectivity index (χ4v) is 2.46. The second kappa shape index (κ2) is 5.71. The third-order valence-corrected chi connectivity index (χ3v) is 3.53. The standard InChI is InChI=1S/C13H21N3O3/c1-8(2)16-10(6-7-14-16)13(19)15-9-4-3-5-11(17)12(9)18/h6-9,11-12,17-18H,3-5H2,1-2H3,(H,15,19)/t9-,11-,12-/m1/s1. The number of rotatable bonds is 3. The summed E-state index contributed by atoms with van der Waals surface area (Å²) in [7, 11) is 0. The van der Waals surface area contributed by atoms with E-state index >= 15 is 0 Å². The molecule has 19 heavy (non-hydrogen) atoms. The topological polar surface area (TPSA) is 87.4 Å². The summed E-state index contributed by atoms with van der Waals surface area (Å²) < 4.78 is 1.64. The fourth-order valence-electron chi connectivity index (χ4n) is 2.46. The van der Waals surface area contributed by atoms with Crippen LogP contribution in [0.5, 0.6) is 0 Å². The van der Waals surface area contributed by atoms with E-state index in [-0.39, 0.29) is 11.9 Å². The van der Waals surface area contributed by atoms with E-state index in [1.165, 1.54) is 0 Å². The van der Waals surface area contributed by atoms with Crippen LogP contribution in [0.4, 0.5) is 0 Å². The van der Waals surface area contributed by atoms with E-state index in [9.17, 15) is 15.0 Å². The van der Waals surface area contributed by atoms with E-state index < -0.39 is 18.2 Å². The molecule has 1 aromatic rings. The Morgan fingerprint density at radius 2 is 2.21 bits per heavy atom. The second-order valence-corrected chi connectivity index (χ2v) is 5.32. The first-order valence-electron chi connectivity index (χ1n) is 6.71. The van der Waals surface area contributed by atoms with Crippen molar-refractivity contribution in [3.63, 3.8) is 0 Å². The lowest BCUT2D eigenvalue weighted by atomic mass is 9.90. The SMILES string of the molecule is CC(C)n1nccc1C(=O)N[C@@H]1CCC[C@@H](O)[C@@H]1O. The molecule has 3 N–H and O–H groups in total. The molecule has 2 rings (SSSR count). The molecule has 1 aliphatic carbocycles. The van der Waals surface area contributed by atoms with Crippen molar-refractivity contribution >= 4 is 5.91 Å². The lowest BCUT2D eigenvalue weighted by Gasteiger charge is -2.32. The van der Waals surface area contributed by atoms with E-state index in [2.05, 4.69) is 10.4 Å². The molecule has 6 nitrogen and oxygen atoms in total. The molecule has 1 aliphatic rings. The molecule has 6 heteroatoms. The maximum absolute atomic E-state index is 12.2. The number of amides is 1. The predicted octanol–water partition coefficient (Wildman–Crippen LogP) is 0.468. The van der Waals surface area contributed by atoms with E-state index in [0.29, 0.717) is 18.5 Å². The van der Waals surface area contributed by atoms with Gasteiger partial charge in [0.05, 0.1) is 18.2 Å². The van der Waals surface area contributed by atoms with Gasteiger partial charge in [-0.2, -0.15) is 5.10 Å². The molecule has 1 amide bonds. The van der Waals surface area contributed by atoms with E-state index in [4.69, 9.17) is 0 Å². The first-order chi connectivity index (χ1) is 9.00. The molecule has 0 unspecified atom stereocenters. The Labute approximate surface area is 112 Å². The number of aliphatic hydroxyl groups is 2. The molecule has 0 aromatic carbocycles. The number of carbonyl (C=O) groups is 1. The largest absolute Gasteiger partial charge is 0.390 e. The van der Waals surface area contributed by atoms with Crippen LogP contribution in [0, 0.1) is 0 Å². The molecule has 0 saturated heterocycles. The van der Waals surface area contributed by atoms with Crippen LogP contribution in [0.2, 0.25) is 0 Å². The zero-order valence-electron chi connectivity index (χ0n) is 11.3. The Hall–Kier alpha value is -1.40. The zero-order valence-corrected chi connectivity index (χ0v) is 11.3. The minimum Gasteiger partial charge on any atom is -0.390 e. The summed E-state index contributed by atoms with van der Waals surface area (Å²) in [6.07, 6.45) is 1.99. The van der Waals surface area contributed by atoms with Crippen LogP contribution in [0.3, 0.4) is 0 Å². The Bertz CT molecular complexity index is 444. The molecule has 3 atom stereocenters. The summed E-state index contributed by atoms with van der Waals surface area (Å²) in [5, 5.41) is 26.4. The molecule has 0 spiro atoms. The minimum atomic E-state index is -0.895. The highest BCUT2D eigenvalue weighted by molar-refractivity contribution is 5.92. The fraction of sp³-hybridized carbons (Fsp3) is 0.692. The molecule has 1 heterocycles. The predicted molar refractivity (Wildman–Crippen MR) is 69.7 cm³/mol. The first kappa shape index (κ1) is 14.0. The Morgan fingerprint density at radius 1 is 1.47 bits per heavy atom. The van der Waals surface area contributed by atoms with Gasteiger partial charge in [0.25, 0.3) is 5.91 Å². The number of nitrogens with one attached hydrogen (secondary N) is 1. The normalized spacial score (nSPS) is 27.5. The molecule has 1 fully saturated rings. The van der Waals surface area contributed by atoms with Gasteiger partial charge in [-0.05, 0) is 39.2 Å². The number of hydrogen-bond donors (Lipinski definition) is 3. The lowest BCUT2D eigenvalue weighted by molar-refractivity contribution is -0.0278. The van der Waals surface area contributed by atoms with Gasteiger partial charge < -0.3 is 15.5 Å². The van der Waals surface area contributed by atoms with Crippen LogP contribution >= 0.6 is 0 Å². The number of nitrogens with zero attached hydrogens (tertiary/aromatic N) is 2. The van der Waals surface area contributed by atoms with Crippen LogP contribution in [0.25, 0.3) is 0 Å². The third-order valence-electron chi connectivity index (χ3n) is 3.53. The molecule has 0 bridgehead atoms. The lowest BCUT2D eigenvalue weighted by Crippen LogP contribution is -2.51. The van der Waals surface area contributed by atoms with Crippen LogP contribution in [0.1, 0.15) is 49.6 Å². The van der Waals surface area contributed by atoms with Crippen LogP contribution < -0.4 is 5.32 Å². The Kier molecular flexibility index (Phi) is 4.21. The summed E-state index contributed by atoms with van der Waals surface area (Å²) in [6, 6.07) is 1.35. The highest BCUT2D eigenvalue weighted by atomic mass is 16.3. The average molecular weight is 267 g/mol. The molecule has 0 aliphatic heterocycles. The van der Waals surface area contributed by atoms with E-state index in [0.717, 1.165) is 6.42 Å². The van der Waals surface area contributed by atoms with Crippen molar-refractivity contribution in [3.05, 3.63) is 18.0 Å². The van der Waals surface area contributed by atoms with Gasteiger partial charge in [0.15, 0.2) is 0 Å². The van der Waals surface area contributed by atoms with Crippen molar-refractivity contribution < 1.29 is 15.0 Å². The smallest absolute Gasteiger partial charge is 0.269 e. The minimum absolute atomic E-state index is 0.0950. The molecular weight excluding hydrogens is 246 g/mol. The number of aromatic nitrogens is 2. The summed E-state index contributed by atoms with van der Waals surface area (Å²) in [5.41, 5.74) is 0.474. The monoisotopic (exact) mass is 267 g/mol. The van der Waals surface area contributed by atoms with Gasteiger partial charge in [-0.15, -0.1) is 0 Å². The molecule has 1 saturated carbocycles. The maximum Gasteiger partial charge on any atom is 0.269 e. The van der Waals surface area contributed by atoms with Gasteiger partial charge in [-0.3, -0.25) is 9.48 Å². The van der Waals surface area contributed by atoms with Crippen LogP contribution in [-0.2, 0) is 0 Å². The van der Waals surface area contributed by atoms with Gasteiger partial charge in [-0.25, -0.2) is 0 Å². The van der Waals surface area contributed by atoms with Gasteiger partial charge in [0.1, 0.15) is 5.69 Å². The van der Waals surface area contributed by atoms with Crippen molar-refractivity contribution in [1.29, 1.82) is 0 Å². The highest BCUT2D eigenvalue weighted by Gasteiger charge is 2.32. The Morgan fingerprint density at radius 3 is 2.89 bits per heavy atom. The van der Waals surface area contributed by atoms with Crippen molar-refractivity contribution in [3.8, 4) is 0 Å². The van der Waals surface area contributed by atoms with Gasteiger partial charge in [-0.1, -0.05) is 0 Å². The van der Waals surface area contributed by atoms with Crippen molar-refractivity contribution in [2.75, 3.05) is 0 Å². The number of aliphatic hydroxyl groups excluding tert-OH is 2. The van der Waals surface area contributed by atoms with Gasteiger partial charge >= 0.3 is 0 Å².